The van der Waals surface area contributed by atoms with Gasteiger partial charge in [0.05, 0.1) is 19.8 Å². The highest BCUT2D eigenvalue weighted by atomic mass is 16.6. The number of amides is 5. The Morgan fingerprint density at radius 3 is 2.07 bits per heavy atom. The Labute approximate surface area is 325 Å². The van der Waals surface area contributed by atoms with Crippen LogP contribution in [0.1, 0.15) is 86.1 Å². The van der Waals surface area contributed by atoms with E-state index < -0.39 is 71.9 Å². The van der Waals surface area contributed by atoms with Crippen LogP contribution < -0.4 is 21.7 Å². The molecule has 0 fully saturated rings. The van der Waals surface area contributed by atoms with Crippen LogP contribution in [0.4, 0.5) is 4.79 Å². The number of unbranched alkanes of at least 4 members (excludes halogenated alkanes) is 2. The number of rotatable bonds is 21. The van der Waals surface area contributed by atoms with Crippen molar-refractivity contribution in [3.63, 3.8) is 0 Å². The molecule has 0 spiro atoms. The fraction of sp³-hybridized carbons (Fsp3) is 0.561. The van der Waals surface area contributed by atoms with Gasteiger partial charge < -0.3 is 36.3 Å². The summed E-state index contributed by atoms with van der Waals surface area (Å²) in [6.07, 6.45) is 1.37. The van der Waals surface area contributed by atoms with Gasteiger partial charge in [-0.1, -0.05) is 102 Å². The van der Waals surface area contributed by atoms with E-state index in [0.717, 1.165) is 24.0 Å². The predicted octanol–water partition coefficient (Wildman–Crippen LogP) is 4.07. The van der Waals surface area contributed by atoms with Gasteiger partial charge in [-0.2, -0.15) is 0 Å². The average molecular weight is 768 g/mol. The fourth-order valence-corrected chi connectivity index (χ4v) is 6.38. The van der Waals surface area contributed by atoms with Gasteiger partial charge in [0.2, 0.25) is 23.6 Å². The monoisotopic (exact) mass is 767 g/mol. The summed E-state index contributed by atoms with van der Waals surface area (Å²) in [6.45, 7) is 10.6. The van der Waals surface area contributed by atoms with Crippen molar-refractivity contribution in [1.29, 1.82) is 0 Å². The third-order valence-electron chi connectivity index (χ3n) is 9.39. The van der Waals surface area contributed by atoms with Gasteiger partial charge in [0.15, 0.2) is 0 Å². The second-order valence-corrected chi connectivity index (χ2v) is 14.8. The number of hydrogen-bond acceptors (Lipinski definition) is 10. The van der Waals surface area contributed by atoms with Crippen LogP contribution in [0, 0.1) is 17.3 Å². The second kappa shape index (κ2) is 22.5. The minimum absolute atomic E-state index is 0.112. The van der Waals surface area contributed by atoms with Gasteiger partial charge in [-0.3, -0.25) is 19.2 Å². The largest absolute Gasteiger partial charge is 0.467 e. The van der Waals surface area contributed by atoms with Crippen molar-refractivity contribution in [3.05, 3.63) is 60.2 Å². The lowest BCUT2D eigenvalue weighted by Crippen LogP contribution is -2.64. The van der Waals surface area contributed by atoms with E-state index in [1.165, 1.54) is 21.0 Å². The molecule has 2 rings (SSSR count). The van der Waals surface area contributed by atoms with E-state index in [2.05, 4.69) is 16.0 Å². The highest BCUT2D eigenvalue weighted by Crippen LogP contribution is 2.31. The summed E-state index contributed by atoms with van der Waals surface area (Å²) in [5.74, 6) is -4.09. The van der Waals surface area contributed by atoms with Crippen LogP contribution in [0.2, 0.25) is 0 Å². The molecule has 304 valence electrons. The number of esters is 1. The molecule has 0 saturated heterocycles. The van der Waals surface area contributed by atoms with Crippen LogP contribution in [0.5, 0.6) is 0 Å². The summed E-state index contributed by atoms with van der Waals surface area (Å²) >= 11 is 0. The van der Waals surface area contributed by atoms with Crippen LogP contribution in [0.25, 0.3) is 11.1 Å². The van der Waals surface area contributed by atoms with E-state index in [1.54, 1.807) is 26.0 Å². The van der Waals surface area contributed by atoms with Gasteiger partial charge in [-0.15, -0.1) is 0 Å². The van der Waals surface area contributed by atoms with E-state index in [1.807, 2.05) is 63.2 Å². The Morgan fingerprint density at radius 2 is 1.51 bits per heavy atom. The molecule has 0 aromatic heterocycles. The number of aliphatic hydroxyl groups excluding tert-OH is 1. The molecule has 5 atom stereocenters. The normalized spacial score (nSPS) is 14.5. The van der Waals surface area contributed by atoms with Crippen LogP contribution in [-0.4, -0.2) is 90.1 Å². The summed E-state index contributed by atoms with van der Waals surface area (Å²) in [7, 11) is 1.20. The molecular weight excluding hydrogens is 706 g/mol. The molecule has 2 aromatic rings. The molecule has 14 nitrogen and oxygen atoms in total. The fourth-order valence-electron chi connectivity index (χ4n) is 6.38. The quantitative estimate of drug-likeness (QED) is 0.0909. The number of methoxy groups -OCH3 is 1. The number of benzene rings is 2. The molecule has 5 amide bonds. The van der Waals surface area contributed by atoms with E-state index in [9.17, 15) is 33.9 Å². The first-order valence-corrected chi connectivity index (χ1v) is 19.0. The van der Waals surface area contributed by atoms with Crippen molar-refractivity contribution in [2.24, 2.45) is 23.0 Å². The molecule has 14 heteroatoms. The first-order valence-electron chi connectivity index (χ1n) is 19.0. The number of carbonyl (C=O) groups excluding carboxylic acids is 6. The Balaban J connectivity index is 2.44. The minimum Gasteiger partial charge on any atom is -0.467 e. The van der Waals surface area contributed by atoms with Gasteiger partial charge in [0.25, 0.3) is 0 Å². The van der Waals surface area contributed by atoms with Crippen molar-refractivity contribution < 1.29 is 43.3 Å². The van der Waals surface area contributed by atoms with E-state index in [4.69, 9.17) is 15.2 Å². The third kappa shape index (κ3) is 13.5. The van der Waals surface area contributed by atoms with Gasteiger partial charge in [0, 0.05) is 18.4 Å². The number of nitrogens with two attached hydrogens (primary N) is 1. The zero-order chi connectivity index (χ0) is 41.3. The average Bonchev–Trinajstić information content (AvgIpc) is 3.16. The lowest BCUT2D eigenvalue weighted by atomic mass is 9.73. The molecule has 0 bridgehead atoms. The van der Waals surface area contributed by atoms with Crippen LogP contribution >= 0.6 is 0 Å². The first-order chi connectivity index (χ1) is 26.0. The number of nitrogens with one attached hydrogen (secondary N) is 3. The molecule has 3 unspecified atom stereocenters. The molecule has 6 N–H and O–H groups in total. The molecule has 0 aliphatic carbocycles. The van der Waals surface area contributed by atoms with Crippen molar-refractivity contribution >= 4 is 35.7 Å². The lowest BCUT2D eigenvalue weighted by Gasteiger charge is -2.41. The predicted molar refractivity (Wildman–Crippen MR) is 209 cm³/mol. The first kappa shape index (κ1) is 46.3. The molecule has 55 heavy (non-hydrogen) atoms. The second-order valence-electron chi connectivity index (χ2n) is 14.8. The summed E-state index contributed by atoms with van der Waals surface area (Å²) < 4.78 is 10.5. The number of aliphatic hydroxyl groups is 1. The molecule has 0 radical (unpaired) electrons. The maximum Gasteiger partial charge on any atom is 0.417 e. The molecule has 0 heterocycles. The molecule has 0 aliphatic heterocycles. The van der Waals surface area contributed by atoms with Gasteiger partial charge in [-0.05, 0) is 55.2 Å². The summed E-state index contributed by atoms with van der Waals surface area (Å²) in [4.78, 5) is 81.4. The number of carbonyl (C=O) groups is 6. The standard InChI is InChI=1S/C41H61N5O9/c1-9-10-12-21-33(48)44-35(37(50)45-34(27(4)5)39(52)54-8)41(25-47,22-26(2)3)24-43-36(49)29(7)46(38(51)28(6)42)40(53)55-23-31-19-15-16-20-32(31)30-17-13-11-14-18-30/h11,13-20,26-29,34-35,47H,9-10,12,21-25,42H2,1-8H3,(H,43,49)(H,44,48)(H,45,50)/t28-,29-,34?,35?,41?/m0/s1. The van der Waals surface area contributed by atoms with Crippen LogP contribution in [-0.2, 0) is 40.1 Å². The van der Waals surface area contributed by atoms with Crippen LogP contribution in [0.15, 0.2) is 54.6 Å². The number of nitrogens with zero attached hydrogens (tertiary/aromatic N) is 1. The van der Waals surface area contributed by atoms with E-state index >= 15 is 0 Å². The minimum atomic E-state index is -1.50. The van der Waals surface area contributed by atoms with Gasteiger partial charge >= 0.3 is 12.1 Å². The highest BCUT2D eigenvalue weighted by Gasteiger charge is 2.46. The topological polar surface area (TPSA) is 206 Å². The zero-order valence-corrected chi connectivity index (χ0v) is 33.6. The zero-order valence-electron chi connectivity index (χ0n) is 33.6. The van der Waals surface area contributed by atoms with Gasteiger partial charge in [0.1, 0.15) is 24.7 Å². The highest BCUT2D eigenvalue weighted by molar-refractivity contribution is 6.00. The summed E-state index contributed by atoms with van der Waals surface area (Å²) in [5.41, 5.74) is 6.80. The van der Waals surface area contributed by atoms with E-state index in [-0.39, 0.29) is 37.8 Å². The van der Waals surface area contributed by atoms with Crippen molar-refractivity contribution in [2.45, 2.75) is 111 Å². The van der Waals surface area contributed by atoms with Gasteiger partial charge in [-0.25, -0.2) is 14.5 Å². The van der Waals surface area contributed by atoms with Crippen molar-refractivity contribution in [2.75, 3.05) is 20.3 Å². The van der Waals surface area contributed by atoms with Crippen molar-refractivity contribution in [1.82, 2.24) is 20.9 Å². The SMILES string of the molecule is CCCCCC(=O)NC(C(=O)NC(C(=O)OC)C(C)C)C(CO)(CNC(=O)[C@H](C)N(C(=O)OCc1ccccc1-c1ccccc1)C(=O)[C@H](C)N)CC(C)C. The maximum absolute atomic E-state index is 14.1. The third-order valence-corrected chi connectivity index (χ3v) is 9.39. The number of imide groups is 1. The van der Waals surface area contributed by atoms with Crippen LogP contribution in [0.3, 0.4) is 0 Å². The molecular formula is C41H61N5O9. The Hall–Kier alpha value is -4.82. The summed E-state index contributed by atoms with van der Waals surface area (Å²) in [6, 6.07) is 11.7. The van der Waals surface area contributed by atoms with Crippen molar-refractivity contribution in [3.8, 4) is 11.1 Å². The Bertz CT molecular complexity index is 1580. The molecule has 0 saturated carbocycles. The molecule has 2 aromatic carbocycles. The Kier molecular flexibility index (Phi) is 19.0. The van der Waals surface area contributed by atoms with E-state index in [0.29, 0.717) is 16.9 Å². The summed E-state index contributed by atoms with van der Waals surface area (Å²) in [5, 5.41) is 19.2. The smallest absolute Gasteiger partial charge is 0.417 e. The lowest BCUT2D eigenvalue weighted by molar-refractivity contribution is -0.147. The number of hydrogen-bond donors (Lipinski definition) is 5. The molecule has 0 aliphatic rings. The Morgan fingerprint density at radius 1 is 0.873 bits per heavy atom. The number of ether oxygens (including phenoxy) is 2. The maximum atomic E-state index is 14.1.